The van der Waals surface area contributed by atoms with Crippen molar-refractivity contribution in [3.8, 4) is 11.1 Å². The van der Waals surface area contributed by atoms with Crippen LogP contribution in [0.15, 0.2) is 54.7 Å². The van der Waals surface area contributed by atoms with E-state index < -0.39 is 53.0 Å². The Hall–Kier alpha value is -4.22. The van der Waals surface area contributed by atoms with Crippen molar-refractivity contribution >= 4 is 17.8 Å². The van der Waals surface area contributed by atoms with Gasteiger partial charge in [-0.1, -0.05) is 24.3 Å². The van der Waals surface area contributed by atoms with Gasteiger partial charge in [0, 0.05) is 13.2 Å². The van der Waals surface area contributed by atoms with Gasteiger partial charge in [0.05, 0.1) is 23.4 Å². The number of nitrogens with one attached hydrogen (secondary N) is 3. The third-order valence-corrected chi connectivity index (χ3v) is 5.48. The molecule has 0 bridgehead atoms. The molecule has 8 nitrogen and oxygen atoms in total. The molecule has 4 amide bonds. The van der Waals surface area contributed by atoms with E-state index in [-0.39, 0.29) is 16.8 Å². The smallest absolute Gasteiger partial charge is 0.349 e. The summed E-state index contributed by atoms with van der Waals surface area (Å²) in [5.74, 6) is -2.58. The summed E-state index contributed by atoms with van der Waals surface area (Å²) in [4.78, 5) is 37.5. The highest BCUT2D eigenvalue weighted by molar-refractivity contribution is 6.08. The number of benzene rings is 2. The van der Waals surface area contributed by atoms with E-state index in [4.69, 9.17) is 0 Å². The fourth-order valence-corrected chi connectivity index (χ4v) is 3.81. The van der Waals surface area contributed by atoms with E-state index in [2.05, 4.69) is 21.0 Å². The molecule has 2 heterocycles. The van der Waals surface area contributed by atoms with Crippen LogP contribution in [0.4, 0.5) is 22.4 Å². The van der Waals surface area contributed by atoms with E-state index in [9.17, 15) is 31.9 Å². The number of amides is 4. The summed E-state index contributed by atoms with van der Waals surface area (Å²) in [6, 6.07) is 8.37. The van der Waals surface area contributed by atoms with Crippen LogP contribution in [0, 0.1) is 5.82 Å². The number of imide groups is 1. The molecule has 1 saturated heterocycles. The monoisotopic (exact) mass is 475 g/mol. The zero-order valence-electron chi connectivity index (χ0n) is 17.5. The third-order valence-electron chi connectivity index (χ3n) is 5.48. The van der Waals surface area contributed by atoms with E-state index in [0.717, 1.165) is 30.3 Å². The van der Waals surface area contributed by atoms with Crippen molar-refractivity contribution in [3.63, 3.8) is 0 Å². The molecule has 34 heavy (non-hydrogen) atoms. The summed E-state index contributed by atoms with van der Waals surface area (Å²) < 4.78 is 54.7. The Morgan fingerprint density at radius 3 is 2.38 bits per heavy atom. The van der Waals surface area contributed by atoms with E-state index in [0.29, 0.717) is 0 Å². The molecule has 3 aromatic rings. The first-order valence-electron chi connectivity index (χ1n) is 9.89. The molecular formula is C22H17F4N5O3. The van der Waals surface area contributed by atoms with Gasteiger partial charge in [0.2, 0.25) is 0 Å². The summed E-state index contributed by atoms with van der Waals surface area (Å²) in [6.45, 7) is -0.441. The van der Waals surface area contributed by atoms with Crippen LogP contribution in [0.25, 0.3) is 11.1 Å². The van der Waals surface area contributed by atoms with Gasteiger partial charge in [-0.2, -0.15) is 18.3 Å². The first-order valence-corrected chi connectivity index (χ1v) is 9.89. The number of hydrogen-bond acceptors (Lipinski definition) is 4. The number of carbonyl (C=O) groups excluding carboxylic acids is 3. The largest absolute Gasteiger partial charge is 0.416 e. The summed E-state index contributed by atoms with van der Waals surface area (Å²) in [5.41, 5.74) is -2.50. The Labute approximate surface area is 189 Å². The average molecular weight is 475 g/mol. The molecule has 3 N–H and O–H groups in total. The van der Waals surface area contributed by atoms with Gasteiger partial charge in [-0.3, -0.25) is 19.6 Å². The van der Waals surface area contributed by atoms with Crippen molar-refractivity contribution in [1.82, 2.24) is 25.7 Å². The second kappa shape index (κ2) is 8.28. The van der Waals surface area contributed by atoms with Crippen molar-refractivity contribution in [2.45, 2.75) is 11.7 Å². The molecule has 1 aliphatic heterocycles. The highest BCUT2D eigenvalue weighted by atomic mass is 19.4. The first kappa shape index (κ1) is 23.0. The topological polar surface area (TPSA) is 105 Å². The Morgan fingerprint density at radius 2 is 1.82 bits per heavy atom. The molecule has 4 rings (SSSR count). The number of hydrogen-bond donors (Lipinski definition) is 3. The van der Waals surface area contributed by atoms with Crippen molar-refractivity contribution in [3.05, 3.63) is 77.4 Å². The summed E-state index contributed by atoms with van der Waals surface area (Å²) in [6.07, 6.45) is -3.15. The van der Waals surface area contributed by atoms with Crippen LogP contribution in [-0.2, 0) is 23.6 Å². The molecule has 12 heteroatoms. The lowest BCUT2D eigenvalue weighted by Gasteiger charge is -2.26. The fraction of sp³-hybridized carbons (Fsp3) is 0.182. The molecule has 176 valence electrons. The zero-order valence-corrected chi connectivity index (χ0v) is 17.5. The third kappa shape index (κ3) is 3.98. The van der Waals surface area contributed by atoms with Crippen LogP contribution in [0.2, 0.25) is 0 Å². The number of aromatic nitrogens is 2. The van der Waals surface area contributed by atoms with Crippen molar-refractivity contribution < 1.29 is 31.9 Å². The standard InChI is InChI=1S/C22H17F4N5O3/c1-31-16(9-10-28-31)21(19(33)29-20(34)30-21)11-27-18(32)17-14(3-2-4-15(17)23)12-5-7-13(8-6-12)22(24,25)26/h2-10H,11H2,1H3,(H,27,32)(H2,29,30,33,34)/t21-/m0/s1. The molecular weight excluding hydrogens is 458 g/mol. The maximum Gasteiger partial charge on any atom is 0.416 e. The molecule has 1 atom stereocenters. The number of aryl methyl sites for hydroxylation is 1. The highest BCUT2D eigenvalue weighted by Gasteiger charge is 2.50. The minimum Gasteiger partial charge on any atom is -0.349 e. The number of nitrogens with zero attached hydrogens (tertiary/aromatic N) is 2. The Balaban J connectivity index is 1.66. The Bertz CT molecular complexity index is 1290. The summed E-state index contributed by atoms with van der Waals surface area (Å²) >= 11 is 0. The zero-order chi connectivity index (χ0) is 24.7. The van der Waals surface area contributed by atoms with Crippen molar-refractivity contribution in [2.75, 3.05) is 6.54 Å². The maximum atomic E-state index is 14.7. The number of urea groups is 1. The second-order valence-electron chi connectivity index (χ2n) is 7.57. The molecule has 1 aromatic heterocycles. The van der Waals surface area contributed by atoms with Gasteiger partial charge in [-0.15, -0.1) is 0 Å². The van der Waals surface area contributed by atoms with Gasteiger partial charge in [-0.25, -0.2) is 9.18 Å². The predicted molar refractivity (Wildman–Crippen MR) is 111 cm³/mol. The van der Waals surface area contributed by atoms with Crippen LogP contribution in [0.1, 0.15) is 21.6 Å². The second-order valence-corrected chi connectivity index (χ2v) is 7.57. The quantitative estimate of drug-likeness (QED) is 0.390. The van der Waals surface area contributed by atoms with E-state index in [1.807, 2.05) is 0 Å². The normalized spacial score (nSPS) is 17.9. The van der Waals surface area contributed by atoms with Crippen molar-refractivity contribution in [2.24, 2.45) is 7.05 Å². The van der Waals surface area contributed by atoms with Gasteiger partial charge < -0.3 is 10.6 Å². The lowest BCUT2D eigenvalue weighted by atomic mass is 9.94. The molecule has 1 fully saturated rings. The van der Waals surface area contributed by atoms with Gasteiger partial charge in [0.1, 0.15) is 5.82 Å². The average Bonchev–Trinajstić information content (AvgIpc) is 3.33. The highest BCUT2D eigenvalue weighted by Crippen LogP contribution is 2.32. The molecule has 0 aliphatic carbocycles. The van der Waals surface area contributed by atoms with Crippen LogP contribution in [-0.4, -0.2) is 34.2 Å². The summed E-state index contributed by atoms with van der Waals surface area (Å²) in [7, 11) is 1.54. The fourth-order valence-electron chi connectivity index (χ4n) is 3.81. The number of halogens is 4. The van der Waals surface area contributed by atoms with Crippen LogP contribution < -0.4 is 16.0 Å². The van der Waals surface area contributed by atoms with Gasteiger partial charge in [0.25, 0.3) is 11.8 Å². The first-order chi connectivity index (χ1) is 16.0. The number of carbonyl (C=O) groups is 3. The maximum absolute atomic E-state index is 14.7. The van der Waals surface area contributed by atoms with Crippen LogP contribution >= 0.6 is 0 Å². The molecule has 1 aliphatic rings. The Morgan fingerprint density at radius 1 is 1.12 bits per heavy atom. The lowest BCUT2D eigenvalue weighted by Crippen LogP contribution is -2.53. The minimum absolute atomic E-state index is 0.0562. The minimum atomic E-state index is -4.55. The van der Waals surface area contributed by atoms with E-state index in [1.54, 1.807) is 0 Å². The number of rotatable bonds is 5. The van der Waals surface area contributed by atoms with Crippen LogP contribution in [0.5, 0.6) is 0 Å². The van der Waals surface area contributed by atoms with Gasteiger partial charge >= 0.3 is 12.2 Å². The number of alkyl halides is 3. The molecule has 0 unspecified atom stereocenters. The molecule has 0 spiro atoms. The van der Waals surface area contributed by atoms with E-state index in [1.165, 1.54) is 36.1 Å². The van der Waals surface area contributed by atoms with Crippen LogP contribution in [0.3, 0.4) is 0 Å². The SMILES string of the molecule is Cn1nccc1[C@]1(CNC(=O)c2c(F)cccc2-c2ccc(C(F)(F)F)cc2)NC(=O)NC1=O. The van der Waals surface area contributed by atoms with Gasteiger partial charge in [0.15, 0.2) is 5.54 Å². The lowest BCUT2D eigenvalue weighted by molar-refractivity contribution is -0.137. The predicted octanol–water partition coefficient (Wildman–Crippen LogP) is 2.71. The summed E-state index contributed by atoms with van der Waals surface area (Å²) in [5, 5.41) is 11.0. The molecule has 0 radical (unpaired) electrons. The Kier molecular flexibility index (Phi) is 5.59. The van der Waals surface area contributed by atoms with Gasteiger partial charge in [-0.05, 0) is 35.4 Å². The van der Waals surface area contributed by atoms with E-state index >= 15 is 0 Å². The van der Waals surface area contributed by atoms with Crippen molar-refractivity contribution in [1.29, 1.82) is 0 Å². The molecule has 2 aromatic carbocycles. The molecule has 0 saturated carbocycles.